The van der Waals surface area contributed by atoms with Crippen LogP contribution in [0.5, 0.6) is 0 Å². The molecule has 1 aromatic carbocycles. The van der Waals surface area contributed by atoms with Gasteiger partial charge in [0.2, 0.25) is 10.0 Å². The lowest BCUT2D eigenvalue weighted by atomic mass is 9.98. The van der Waals surface area contributed by atoms with Crippen molar-refractivity contribution in [1.29, 1.82) is 0 Å². The van der Waals surface area contributed by atoms with E-state index in [0.717, 1.165) is 19.3 Å². The van der Waals surface area contributed by atoms with Gasteiger partial charge in [0.25, 0.3) is 5.91 Å². The van der Waals surface area contributed by atoms with Crippen LogP contribution in [0, 0.1) is 12.8 Å². The number of hydrogen-bond donors (Lipinski definition) is 1. The number of esters is 1. The third kappa shape index (κ3) is 4.91. The van der Waals surface area contributed by atoms with E-state index < -0.39 is 27.9 Å². The number of benzene rings is 1. The Labute approximate surface area is 167 Å². The molecule has 8 heteroatoms. The van der Waals surface area contributed by atoms with Gasteiger partial charge < -0.3 is 10.1 Å². The number of piperidine rings is 1. The molecule has 1 heterocycles. The van der Waals surface area contributed by atoms with Gasteiger partial charge >= 0.3 is 5.97 Å². The topological polar surface area (TPSA) is 92.8 Å². The molecule has 28 heavy (non-hydrogen) atoms. The van der Waals surface area contributed by atoms with Crippen LogP contribution in [0.4, 0.5) is 0 Å². The van der Waals surface area contributed by atoms with Crippen molar-refractivity contribution in [1.82, 2.24) is 9.62 Å². The molecule has 156 valence electrons. The summed E-state index contributed by atoms with van der Waals surface area (Å²) >= 11 is 0. The van der Waals surface area contributed by atoms with Crippen molar-refractivity contribution in [2.75, 3.05) is 20.2 Å². The second-order valence-electron chi connectivity index (χ2n) is 7.30. The maximum Gasteiger partial charge on any atom is 0.328 e. The average molecular weight is 411 g/mol. The number of hydrogen-bond acceptors (Lipinski definition) is 5. The quantitative estimate of drug-likeness (QED) is 0.697. The van der Waals surface area contributed by atoms with Gasteiger partial charge in [0.1, 0.15) is 6.04 Å². The summed E-state index contributed by atoms with van der Waals surface area (Å²) in [5.74, 6) is -1.12. The molecule has 1 N–H and O–H groups in total. The molecular formula is C20H30N2O5S. The molecule has 0 radical (unpaired) electrons. The molecule has 1 saturated heterocycles. The molecule has 0 aromatic heterocycles. The number of nitrogens with zero attached hydrogens (tertiary/aromatic N) is 1. The number of carbonyl (C=O) groups excluding carboxylic acids is 2. The van der Waals surface area contributed by atoms with Crippen LogP contribution < -0.4 is 5.32 Å². The standard InChI is InChI=1S/C20H30N2O5S/c1-5-14(2)18(20(24)27-4)21-19(23)16-10-9-15(3)17(13-16)28(25,26)22-11-7-6-8-12-22/h9-10,13-14,18H,5-8,11-12H2,1-4H3,(H,21,23). The first kappa shape index (κ1) is 22.4. The number of amides is 1. The Hall–Kier alpha value is -1.93. The van der Waals surface area contributed by atoms with E-state index in [2.05, 4.69) is 5.32 Å². The van der Waals surface area contributed by atoms with Gasteiger partial charge in [-0.3, -0.25) is 4.79 Å². The normalized spacial score (nSPS) is 17.6. The largest absolute Gasteiger partial charge is 0.467 e. The molecule has 0 aliphatic carbocycles. The molecule has 7 nitrogen and oxygen atoms in total. The van der Waals surface area contributed by atoms with Crippen LogP contribution in [0.15, 0.2) is 23.1 Å². The van der Waals surface area contributed by atoms with E-state index >= 15 is 0 Å². The second-order valence-corrected chi connectivity index (χ2v) is 9.21. The maximum absolute atomic E-state index is 13.0. The van der Waals surface area contributed by atoms with Gasteiger partial charge in [-0.1, -0.05) is 32.8 Å². The summed E-state index contributed by atoms with van der Waals surface area (Å²) < 4.78 is 32.3. The van der Waals surface area contributed by atoms with Gasteiger partial charge in [0, 0.05) is 18.7 Å². The van der Waals surface area contributed by atoms with Crippen molar-refractivity contribution in [2.24, 2.45) is 5.92 Å². The van der Waals surface area contributed by atoms with Crippen LogP contribution >= 0.6 is 0 Å². The van der Waals surface area contributed by atoms with E-state index in [-0.39, 0.29) is 16.4 Å². The molecule has 1 fully saturated rings. The zero-order valence-corrected chi connectivity index (χ0v) is 17.8. The molecule has 0 bridgehead atoms. The van der Waals surface area contributed by atoms with Crippen molar-refractivity contribution in [2.45, 2.75) is 57.4 Å². The molecule has 1 aromatic rings. The Morgan fingerprint density at radius 2 is 1.86 bits per heavy atom. The van der Waals surface area contributed by atoms with Crippen molar-refractivity contribution in [3.05, 3.63) is 29.3 Å². The number of nitrogens with one attached hydrogen (secondary N) is 1. The highest BCUT2D eigenvalue weighted by Gasteiger charge is 2.30. The van der Waals surface area contributed by atoms with Gasteiger partial charge in [-0.05, 0) is 43.4 Å². The first-order valence-corrected chi connectivity index (χ1v) is 11.2. The molecule has 1 aliphatic heterocycles. The summed E-state index contributed by atoms with van der Waals surface area (Å²) in [6.07, 6.45) is 3.39. The fraction of sp³-hybridized carbons (Fsp3) is 0.600. The molecule has 2 rings (SSSR count). The van der Waals surface area contributed by atoms with Crippen LogP contribution in [0.1, 0.15) is 55.5 Å². The van der Waals surface area contributed by atoms with Crippen LogP contribution in [-0.2, 0) is 19.6 Å². The Bertz CT molecular complexity index is 816. The summed E-state index contributed by atoms with van der Waals surface area (Å²) in [6, 6.07) is 3.82. The van der Waals surface area contributed by atoms with E-state index in [9.17, 15) is 18.0 Å². The smallest absolute Gasteiger partial charge is 0.328 e. The number of sulfonamides is 1. The minimum absolute atomic E-state index is 0.113. The van der Waals surface area contributed by atoms with E-state index in [4.69, 9.17) is 4.74 Å². The lowest BCUT2D eigenvalue weighted by molar-refractivity contribution is -0.144. The zero-order chi connectivity index (χ0) is 20.9. The predicted molar refractivity (Wildman–Crippen MR) is 107 cm³/mol. The van der Waals surface area contributed by atoms with Gasteiger partial charge in [-0.25, -0.2) is 13.2 Å². The highest BCUT2D eigenvalue weighted by molar-refractivity contribution is 7.89. The fourth-order valence-electron chi connectivity index (χ4n) is 3.28. The molecule has 0 spiro atoms. The number of rotatable bonds is 7. The third-order valence-electron chi connectivity index (χ3n) is 5.34. The van der Waals surface area contributed by atoms with E-state index in [1.54, 1.807) is 19.1 Å². The second kappa shape index (κ2) is 9.52. The summed E-state index contributed by atoms with van der Waals surface area (Å²) in [4.78, 5) is 24.9. The van der Waals surface area contributed by atoms with Gasteiger partial charge in [0.05, 0.1) is 12.0 Å². The zero-order valence-electron chi connectivity index (χ0n) is 17.0. The highest BCUT2D eigenvalue weighted by atomic mass is 32.2. The molecule has 0 saturated carbocycles. The van der Waals surface area contributed by atoms with E-state index in [1.807, 2.05) is 13.8 Å². The predicted octanol–water partition coefficient (Wildman–Crippen LogP) is 2.49. The Morgan fingerprint density at radius 3 is 2.43 bits per heavy atom. The van der Waals surface area contributed by atoms with Crippen LogP contribution in [-0.4, -0.2) is 50.8 Å². The van der Waals surface area contributed by atoms with Crippen LogP contribution in [0.3, 0.4) is 0 Å². The van der Waals surface area contributed by atoms with E-state index in [0.29, 0.717) is 25.1 Å². The van der Waals surface area contributed by atoms with Gasteiger partial charge in [-0.15, -0.1) is 0 Å². The Balaban J connectivity index is 2.30. The monoisotopic (exact) mass is 410 g/mol. The molecule has 1 amide bonds. The van der Waals surface area contributed by atoms with Gasteiger partial charge in [-0.2, -0.15) is 4.31 Å². The SMILES string of the molecule is CCC(C)C(NC(=O)c1ccc(C)c(S(=O)(=O)N2CCCCC2)c1)C(=O)OC. The fourth-order valence-corrected chi connectivity index (χ4v) is 5.05. The van der Waals surface area contributed by atoms with Crippen molar-refractivity contribution in [3.63, 3.8) is 0 Å². The minimum Gasteiger partial charge on any atom is -0.467 e. The van der Waals surface area contributed by atoms with Crippen LogP contribution in [0.2, 0.25) is 0 Å². The summed E-state index contributed by atoms with van der Waals surface area (Å²) in [6.45, 7) is 6.48. The molecule has 1 aliphatic rings. The lowest BCUT2D eigenvalue weighted by Crippen LogP contribution is -2.45. The van der Waals surface area contributed by atoms with Crippen molar-refractivity contribution < 1.29 is 22.7 Å². The van der Waals surface area contributed by atoms with Gasteiger partial charge in [0.15, 0.2) is 0 Å². The lowest BCUT2D eigenvalue weighted by Gasteiger charge is -2.27. The number of ether oxygens (including phenoxy) is 1. The molecule has 2 atom stereocenters. The number of aryl methyl sites for hydroxylation is 1. The van der Waals surface area contributed by atoms with Crippen LogP contribution in [0.25, 0.3) is 0 Å². The first-order chi connectivity index (χ1) is 13.2. The van der Waals surface area contributed by atoms with Crippen molar-refractivity contribution >= 4 is 21.9 Å². The summed E-state index contributed by atoms with van der Waals surface area (Å²) in [7, 11) is -2.38. The van der Waals surface area contributed by atoms with E-state index in [1.165, 1.54) is 17.5 Å². The first-order valence-electron chi connectivity index (χ1n) is 9.71. The average Bonchev–Trinajstić information content (AvgIpc) is 2.71. The molecule has 2 unspecified atom stereocenters. The Morgan fingerprint density at radius 1 is 1.21 bits per heavy atom. The number of carbonyl (C=O) groups is 2. The highest BCUT2D eigenvalue weighted by Crippen LogP contribution is 2.24. The molecular weight excluding hydrogens is 380 g/mol. The third-order valence-corrected chi connectivity index (χ3v) is 7.38. The maximum atomic E-state index is 13.0. The summed E-state index contributed by atoms with van der Waals surface area (Å²) in [5.41, 5.74) is 0.798. The Kier molecular flexibility index (Phi) is 7.60. The minimum atomic E-state index is -3.66. The number of methoxy groups -OCH3 is 1. The van der Waals surface area contributed by atoms with Crippen molar-refractivity contribution in [3.8, 4) is 0 Å². The summed E-state index contributed by atoms with van der Waals surface area (Å²) in [5, 5.41) is 2.69.